The molecule has 29 heavy (non-hydrogen) atoms. The minimum Gasteiger partial charge on any atom is -0.481 e. The van der Waals surface area contributed by atoms with Crippen LogP contribution in [0, 0.1) is 0 Å². The minimum atomic E-state index is -0.906. The quantitative estimate of drug-likeness (QED) is 0.359. The van der Waals surface area contributed by atoms with Gasteiger partial charge in [-0.05, 0) is 24.5 Å². The Kier molecular flexibility index (Phi) is 6.03. The molecule has 10 heteroatoms. The van der Waals surface area contributed by atoms with Crippen LogP contribution in [0.3, 0.4) is 0 Å². The van der Waals surface area contributed by atoms with Gasteiger partial charge in [0.1, 0.15) is 5.52 Å². The first-order valence-corrected chi connectivity index (χ1v) is 8.93. The van der Waals surface area contributed by atoms with Gasteiger partial charge < -0.3 is 15.4 Å². The van der Waals surface area contributed by atoms with Crippen molar-refractivity contribution in [3.05, 3.63) is 62.6 Å². The molecule has 0 saturated carbocycles. The number of imidazole rings is 1. The Morgan fingerprint density at radius 2 is 1.76 bits per heavy atom. The number of amides is 1. The Balaban J connectivity index is 1.88. The summed E-state index contributed by atoms with van der Waals surface area (Å²) in [7, 11) is 0. The monoisotopic (exact) mass is 397 g/mol. The topological polar surface area (TPSA) is 161 Å². The number of carboxylic acids is 1. The van der Waals surface area contributed by atoms with E-state index in [1.807, 2.05) is 30.3 Å². The first kappa shape index (κ1) is 19.8. The van der Waals surface area contributed by atoms with E-state index < -0.39 is 17.2 Å². The average molecular weight is 397 g/mol. The number of carbonyl (C=O) groups is 2. The third kappa shape index (κ3) is 5.28. The summed E-state index contributed by atoms with van der Waals surface area (Å²) in [6, 6.07) is 9.17. The van der Waals surface area contributed by atoms with Gasteiger partial charge >= 0.3 is 11.7 Å². The van der Waals surface area contributed by atoms with Crippen LogP contribution in [0.5, 0.6) is 0 Å². The van der Waals surface area contributed by atoms with Crippen LogP contribution in [0.1, 0.15) is 37.1 Å². The number of nitrogens with zero attached hydrogens (tertiary/aromatic N) is 1. The second-order valence-corrected chi connectivity index (χ2v) is 6.33. The maximum atomic E-state index is 12.3. The lowest BCUT2D eigenvalue weighted by Gasteiger charge is -2.08. The molecule has 5 N–H and O–H groups in total. The number of H-pyrrole nitrogens is 3. The summed E-state index contributed by atoms with van der Waals surface area (Å²) in [5, 5.41) is 11.4. The Bertz CT molecular complexity index is 1170. The molecule has 150 valence electrons. The average Bonchev–Trinajstić information content (AvgIpc) is 3.10. The highest BCUT2D eigenvalue weighted by Gasteiger charge is 2.14. The van der Waals surface area contributed by atoms with Crippen molar-refractivity contribution < 1.29 is 14.7 Å². The number of benzene rings is 1. The van der Waals surface area contributed by atoms with Crippen LogP contribution in [-0.2, 0) is 9.59 Å². The fourth-order valence-corrected chi connectivity index (χ4v) is 2.71. The number of hydrogen-bond acceptors (Lipinski definition) is 5. The van der Waals surface area contributed by atoms with Crippen LogP contribution >= 0.6 is 0 Å². The molecule has 0 atom stereocenters. The van der Waals surface area contributed by atoms with Crippen molar-refractivity contribution in [1.82, 2.24) is 25.3 Å². The molecule has 0 radical (unpaired) electrons. The van der Waals surface area contributed by atoms with E-state index in [0.717, 1.165) is 5.56 Å². The van der Waals surface area contributed by atoms with E-state index >= 15 is 0 Å². The number of aliphatic carboxylic acids is 1. The van der Waals surface area contributed by atoms with E-state index in [1.165, 1.54) is 0 Å². The second-order valence-electron chi connectivity index (χ2n) is 6.33. The number of fused-ring (bicyclic) bond motifs is 1. The molecule has 0 aliphatic rings. The molecule has 0 saturated heterocycles. The number of carboxylic acid groups (broad SMARTS) is 1. The Morgan fingerprint density at radius 3 is 2.48 bits per heavy atom. The van der Waals surface area contributed by atoms with Gasteiger partial charge in [0, 0.05) is 12.8 Å². The van der Waals surface area contributed by atoms with Gasteiger partial charge in [-0.15, -0.1) is 0 Å². The molecule has 1 amide bonds. The van der Waals surface area contributed by atoms with Crippen LogP contribution in [0.2, 0.25) is 0 Å². The van der Waals surface area contributed by atoms with Crippen LogP contribution in [0.25, 0.3) is 22.9 Å². The van der Waals surface area contributed by atoms with Gasteiger partial charge in [-0.3, -0.25) is 24.4 Å². The highest BCUT2D eigenvalue weighted by molar-refractivity contribution is 5.92. The van der Waals surface area contributed by atoms with Gasteiger partial charge in [0.05, 0.1) is 5.70 Å². The smallest absolute Gasteiger partial charge is 0.327 e. The molecule has 0 aliphatic heterocycles. The zero-order valence-electron chi connectivity index (χ0n) is 15.3. The van der Waals surface area contributed by atoms with Gasteiger partial charge in [-0.1, -0.05) is 30.3 Å². The maximum Gasteiger partial charge on any atom is 0.327 e. The summed E-state index contributed by atoms with van der Waals surface area (Å²) >= 11 is 0. The van der Waals surface area contributed by atoms with E-state index in [4.69, 9.17) is 5.11 Å². The Labute approximate surface area is 163 Å². The first-order chi connectivity index (χ1) is 13.9. The van der Waals surface area contributed by atoms with E-state index in [9.17, 15) is 19.2 Å². The fraction of sp³-hybridized carbons (Fsp3) is 0.211. The normalized spacial score (nSPS) is 11.5. The van der Waals surface area contributed by atoms with Crippen molar-refractivity contribution in [2.45, 2.75) is 25.7 Å². The van der Waals surface area contributed by atoms with Gasteiger partial charge in [-0.25, -0.2) is 9.78 Å². The Hall–Kier alpha value is -3.95. The van der Waals surface area contributed by atoms with Gasteiger partial charge in [0.15, 0.2) is 11.5 Å². The number of unbranched alkanes of at least 4 members (excludes halogenated alkanes) is 1. The minimum absolute atomic E-state index is 0.000292. The summed E-state index contributed by atoms with van der Waals surface area (Å²) < 4.78 is 0. The molecule has 0 spiro atoms. The molecule has 0 aliphatic carbocycles. The lowest BCUT2D eigenvalue weighted by molar-refractivity contribution is -0.137. The standard InChI is InChI=1S/C19H19N5O5/c25-13(8-4-5-9-14(26)27)20-12(10-11-6-2-1-3-7-11)16-21-15-17(22-16)23-19(29)24-18(15)28/h1-3,6-7,10H,4-5,8-9H2,(H,20,25)(H,26,27)(H3,21,22,23,24,28,29). The number of carbonyl (C=O) groups excluding carboxylic acids is 1. The number of hydrogen-bond donors (Lipinski definition) is 5. The maximum absolute atomic E-state index is 12.3. The molecular weight excluding hydrogens is 378 g/mol. The van der Waals surface area contributed by atoms with Crippen molar-refractivity contribution in [1.29, 1.82) is 0 Å². The number of aromatic nitrogens is 4. The fourth-order valence-electron chi connectivity index (χ4n) is 2.71. The summed E-state index contributed by atoms with van der Waals surface area (Å²) in [6.07, 6.45) is 2.63. The summed E-state index contributed by atoms with van der Waals surface area (Å²) in [6.45, 7) is 0. The third-order valence-electron chi connectivity index (χ3n) is 4.07. The number of aromatic amines is 3. The number of rotatable bonds is 8. The zero-order chi connectivity index (χ0) is 20.8. The van der Waals surface area contributed by atoms with Gasteiger partial charge in [-0.2, -0.15) is 0 Å². The van der Waals surface area contributed by atoms with E-state index in [1.54, 1.807) is 6.08 Å². The van der Waals surface area contributed by atoms with Gasteiger partial charge in [0.25, 0.3) is 5.56 Å². The van der Waals surface area contributed by atoms with Crippen molar-refractivity contribution >= 4 is 34.8 Å². The zero-order valence-corrected chi connectivity index (χ0v) is 15.3. The molecule has 3 rings (SSSR count). The van der Waals surface area contributed by atoms with Crippen molar-refractivity contribution in [2.75, 3.05) is 0 Å². The predicted octanol–water partition coefficient (Wildman–Crippen LogP) is 1.20. The summed E-state index contributed by atoms with van der Waals surface area (Å²) in [5.74, 6) is -1.02. The van der Waals surface area contributed by atoms with E-state index in [-0.39, 0.29) is 35.7 Å². The summed E-state index contributed by atoms with van der Waals surface area (Å²) in [4.78, 5) is 57.9. The first-order valence-electron chi connectivity index (χ1n) is 8.93. The molecule has 3 aromatic rings. The predicted molar refractivity (Wildman–Crippen MR) is 106 cm³/mol. The van der Waals surface area contributed by atoms with Crippen LogP contribution in [0.15, 0.2) is 39.9 Å². The number of nitrogens with one attached hydrogen (secondary N) is 4. The van der Waals surface area contributed by atoms with Gasteiger partial charge in [0.2, 0.25) is 5.91 Å². The van der Waals surface area contributed by atoms with Crippen LogP contribution < -0.4 is 16.6 Å². The third-order valence-corrected chi connectivity index (χ3v) is 4.07. The largest absolute Gasteiger partial charge is 0.481 e. The molecular formula is C19H19N5O5. The molecule has 10 nitrogen and oxygen atoms in total. The lowest BCUT2D eigenvalue weighted by Crippen LogP contribution is -2.22. The second kappa shape index (κ2) is 8.83. The van der Waals surface area contributed by atoms with E-state index in [2.05, 4.69) is 25.3 Å². The van der Waals surface area contributed by atoms with Crippen molar-refractivity contribution in [3.63, 3.8) is 0 Å². The van der Waals surface area contributed by atoms with Crippen molar-refractivity contribution in [3.8, 4) is 0 Å². The molecule has 0 unspecified atom stereocenters. The molecule has 0 fully saturated rings. The molecule has 2 heterocycles. The molecule has 0 bridgehead atoms. The van der Waals surface area contributed by atoms with Crippen LogP contribution in [0.4, 0.5) is 0 Å². The highest BCUT2D eigenvalue weighted by Crippen LogP contribution is 2.15. The SMILES string of the molecule is O=C(O)CCCCC(=O)NC(=Cc1ccccc1)c1nc2[nH]c(=O)[nH]c(=O)c2[nH]1. The van der Waals surface area contributed by atoms with E-state index in [0.29, 0.717) is 18.5 Å². The summed E-state index contributed by atoms with van der Waals surface area (Å²) in [5.41, 5.74) is -0.0525. The molecule has 2 aromatic heterocycles. The van der Waals surface area contributed by atoms with Crippen LogP contribution in [-0.4, -0.2) is 36.9 Å². The van der Waals surface area contributed by atoms with Crippen molar-refractivity contribution in [2.24, 2.45) is 0 Å². The molecule has 1 aromatic carbocycles. The lowest BCUT2D eigenvalue weighted by atomic mass is 10.1. The highest BCUT2D eigenvalue weighted by atomic mass is 16.4. The Morgan fingerprint density at radius 1 is 1.03 bits per heavy atom.